The summed E-state index contributed by atoms with van der Waals surface area (Å²) >= 11 is 0. The van der Waals surface area contributed by atoms with E-state index in [4.69, 9.17) is 4.74 Å². The molecule has 5 heteroatoms. The van der Waals surface area contributed by atoms with Gasteiger partial charge < -0.3 is 15.4 Å². The molecule has 1 fully saturated rings. The second-order valence-electron chi connectivity index (χ2n) is 6.98. The molecule has 1 aliphatic carbocycles. The maximum absolute atomic E-state index is 12.3. The third kappa shape index (κ3) is 5.58. The smallest absolute Gasteiger partial charge is 0.227 e. The second-order valence-corrected chi connectivity index (χ2v) is 6.98. The van der Waals surface area contributed by atoms with Crippen molar-refractivity contribution in [2.24, 2.45) is 5.92 Å². The molecule has 0 atom stereocenters. The van der Waals surface area contributed by atoms with Crippen LogP contribution >= 0.6 is 0 Å². The zero-order valence-electron chi connectivity index (χ0n) is 15.7. The van der Waals surface area contributed by atoms with Gasteiger partial charge >= 0.3 is 0 Å². The highest BCUT2D eigenvalue weighted by molar-refractivity contribution is 5.92. The molecule has 2 amide bonds. The molecule has 0 unspecified atom stereocenters. The summed E-state index contributed by atoms with van der Waals surface area (Å²) < 4.78 is 5.18. The van der Waals surface area contributed by atoms with E-state index in [2.05, 4.69) is 10.6 Å². The largest absolute Gasteiger partial charge is 0.497 e. The summed E-state index contributed by atoms with van der Waals surface area (Å²) in [5, 5.41) is 5.93. The molecule has 0 heterocycles. The lowest BCUT2D eigenvalue weighted by molar-refractivity contribution is -0.121. The van der Waals surface area contributed by atoms with Gasteiger partial charge in [0.2, 0.25) is 11.8 Å². The molecule has 0 radical (unpaired) electrons. The summed E-state index contributed by atoms with van der Waals surface area (Å²) in [5.74, 6) is 0.928. The van der Waals surface area contributed by atoms with Gasteiger partial charge in [0.1, 0.15) is 5.75 Å². The number of hydrogen-bond donors (Lipinski definition) is 2. The number of benzene rings is 2. The number of rotatable bonds is 7. The summed E-state index contributed by atoms with van der Waals surface area (Å²) in [6.45, 7) is 0.427. The fourth-order valence-electron chi connectivity index (χ4n) is 3.42. The molecule has 5 nitrogen and oxygen atoms in total. The van der Waals surface area contributed by atoms with E-state index in [1.807, 2.05) is 48.5 Å². The van der Waals surface area contributed by atoms with Crippen molar-refractivity contribution in [2.45, 2.75) is 38.6 Å². The van der Waals surface area contributed by atoms with E-state index in [9.17, 15) is 9.59 Å². The van der Waals surface area contributed by atoms with Crippen LogP contribution in [0.5, 0.6) is 5.75 Å². The monoisotopic (exact) mass is 366 g/mol. The molecule has 0 bridgehead atoms. The van der Waals surface area contributed by atoms with E-state index in [1.54, 1.807) is 7.11 Å². The summed E-state index contributed by atoms with van der Waals surface area (Å²) in [7, 11) is 1.61. The van der Waals surface area contributed by atoms with Crippen LogP contribution in [0.3, 0.4) is 0 Å². The van der Waals surface area contributed by atoms with Crippen molar-refractivity contribution >= 4 is 17.5 Å². The Hall–Kier alpha value is -2.82. The lowest BCUT2D eigenvalue weighted by Crippen LogP contribution is -2.24. The first kappa shape index (κ1) is 19.0. The van der Waals surface area contributed by atoms with Crippen molar-refractivity contribution in [1.29, 1.82) is 0 Å². The van der Waals surface area contributed by atoms with Crippen LogP contribution in [0.2, 0.25) is 0 Å². The van der Waals surface area contributed by atoms with Crippen LogP contribution in [0.4, 0.5) is 5.69 Å². The van der Waals surface area contributed by atoms with Crippen molar-refractivity contribution in [3.63, 3.8) is 0 Å². The number of nitrogens with one attached hydrogen (secondary N) is 2. The van der Waals surface area contributed by atoms with Crippen LogP contribution in [-0.4, -0.2) is 18.9 Å². The summed E-state index contributed by atoms with van der Waals surface area (Å²) in [5.41, 5.74) is 2.65. The van der Waals surface area contributed by atoms with Crippen molar-refractivity contribution in [3.05, 3.63) is 59.7 Å². The van der Waals surface area contributed by atoms with Crippen LogP contribution < -0.4 is 15.4 Å². The zero-order chi connectivity index (χ0) is 19.1. The predicted molar refractivity (Wildman–Crippen MR) is 106 cm³/mol. The maximum atomic E-state index is 12.3. The molecule has 0 aromatic heterocycles. The van der Waals surface area contributed by atoms with Gasteiger partial charge in [0.25, 0.3) is 0 Å². The number of ether oxygens (including phenoxy) is 1. The molecular weight excluding hydrogens is 340 g/mol. The summed E-state index contributed by atoms with van der Waals surface area (Å²) in [6, 6.07) is 15.1. The standard InChI is InChI=1S/C22H26N2O3/c1-27-20-11-5-6-16(13-20)14-21(25)23-15-17-7-4-10-19(12-17)24-22(26)18-8-2-3-9-18/h4-7,10-13,18H,2-3,8-9,14-15H2,1H3,(H,23,25)(H,24,26). The third-order valence-corrected chi connectivity index (χ3v) is 4.91. The van der Waals surface area contributed by atoms with Crippen LogP contribution in [0.25, 0.3) is 0 Å². The minimum absolute atomic E-state index is 0.0522. The second kappa shape index (κ2) is 9.21. The number of anilines is 1. The molecule has 1 aliphatic rings. The van der Waals surface area contributed by atoms with E-state index in [1.165, 1.54) is 0 Å². The van der Waals surface area contributed by atoms with Gasteiger partial charge in [0.15, 0.2) is 0 Å². The highest BCUT2D eigenvalue weighted by Crippen LogP contribution is 2.26. The average Bonchev–Trinajstić information content (AvgIpc) is 3.22. The van der Waals surface area contributed by atoms with Crippen LogP contribution in [0.1, 0.15) is 36.8 Å². The summed E-state index contributed by atoms with van der Waals surface area (Å²) in [6.07, 6.45) is 4.53. The average molecular weight is 366 g/mol. The Morgan fingerprint density at radius 2 is 1.78 bits per heavy atom. The molecule has 2 aromatic rings. The first-order chi connectivity index (χ1) is 13.1. The molecule has 0 spiro atoms. The van der Waals surface area contributed by atoms with E-state index < -0.39 is 0 Å². The molecule has 1 saturated carbocycles. The summed E-state index contributed by atoms with van der Waals surface area (Å²) in [4.78, 5) is 24.5. The lowest BCUT2D eigenvalue weighted by atomic mass is 10.1. The number of hydrogen-bond acceptors (Lipinski definition) is 3. The van der Waals surface area contributed by atoms with Crippen molar-refractivity contribution in [1.82, 2.24) is 5.32 Å². The lowest BCUT2D eigenvalue weighted by Gasteiger charge is -2.12. The van der Waals surface area contributed by atoms with Crippen molar-refractivity contribution in [2.75, 3.05) is 12.4 Å². The van der Waals surface area contributed by atoms with Gasteiger partial charge in [-0.25, -0.2) is 0 Å². The van der Waals surface area contributed by atoms with Gasteiger partial charge in [0, 0.05) is 18.2 Å². The Morgan fingerprint density at radius 3 is 2.56 bits per heavy atom. The fourth-order valence-corrected chi connectivity index (χ4v) is 3.42. The molecule has 27 heavy (non-hydrogen) atoms. The van der Waals surface area contributed by atoms with Crippen LogP contribution in [0.15, 0.2) is 48.5 Å². The third-order valence-electron chi connectivity index (χ3n) is 4.91. The van der Waals surface area contributed by atoms with Crippen LogP contribution in [-0.2, 0) is 22.6 Å². The SMILES string of the molecule is COc1cccc(CC(=O)NCc2cccc(NC(=O)C3CCCC3)c2)c1. The minimum atomic E-state index is -0.0522. The first-order valence-corrected chi connectivity index (χ1v) is 9.43. The van der Waals surface area contributed by atoms with Gasteiger partial charge in [-0.2, -0.15) is 0 Å². The fraction of sp³-hybridized carbons (Fsp3) is 0.364. The van der Waals surface area contributed by atoms with Gasteiger partial charge in [-0.1, -0.05) is 37.1 Å². The normalized spacial score (nSPS) is 14.0. The van der Waals surface area contributed by atoms with Gasteiger partial charge in [-0.15, -0.1) is 0 Å². The van der Waals surface area contributed by atoms with Crippen molar-refractivity contribution in [3.8, 4) is 5.75 Å². The maximum Gasteiger partial charge on any atom is 0.227 e. The van der Waals surface area contributed by atoms with Crippen LogP contribution in [0, 0.1) is 5.92 Å². The highest BCUT2D eigenvalue weighted by Gasteiger charge is 2.22. The molecule has 142 valence electrons. The molecular formula is C22H26N2O3. The zero-order valence-corrected chi connectivity index (χ0v) is 15.7. The molecule has 2 N–H and O–H groups in total. The Labute approximate surface area is 160 Å². The number of methoxy groups -OCH3 is 1. The van der Waals surface area contributed by atoms with E-state index in [-0.39, 0.29) is 17.7 Å². The number of carbonyl (C=O) groups is 2. The predicted octanol–water partition coefficient (Wildman–Crippen LogP) is 3.68. The Balaban J connectivity index is 1.51. The molecule has 0 aliphatic heterocycles. The Morgan fingerprint density at radius 1 is 1.04 bits per heavy atom. The Bertz CT molecular complexity index is 798. The highest BCUT2D eigenvalue weighted by atomic mass is 16.5. The minimum Gasteiger partial charge on any atom is -0.497 e. The first-order valence-electron chi connectivity index (χ1n) is 9.43. The van der Waals surface area contributed by atoms with Gasteiger partial charge in [-0.05, 0) is 48.2 Å². The molecule has 2 aromatic carbocycles. The van der Waals surface area contributed by atoms with E-state index in [0.717, 1.165) is 48.2 Å². The van der Waals surface area contributed by atoms with Gasteiger partial charge in [0.05, 0.1) is 13.5 Å². The topological polar surface area (TPSA) is 67.4 Å². The van der Waals surface area contributed by atoms with Gasteiger partial charge in [-0.3, -0.25) is 9.59 Å². The van der Waals surface area contributed by atoms with E-state index >= 15 is 0 Å². The quantitative estimate of drug-likeness (QED) is 0.785. The molecule has 3 rings (SSSR count). The number of amides is 2. The number of carbonyl (C=O) groups excluding carboxylic acids is 2. The van der Waals surface area contributed by atoms with Crippen molar-refractivity contribution < 1.29 is 14.3 Å². The van der Waals surface area contributed by atoms with E-state index in [0.29, 0.717) is 13.0 Å². The molecule has 0 saturated heterocycles. The Kier molecular flexibility index (Phi) is 6.47.